The Balaban J connectivity index is 2.07. The quantitative estimate of drug-likeness (QED) is 0.901. The topological polar surface area (TPSA) is 48.1 Å². The van der Waals surface area contributed by atoms with Crippen LogP contribution in [0.3, 0.4) is 0 Å². The van der Waals surface area contributed by atoms with Crippen LogP contribution in [0.25, 0.3) is 0 Å². The van der Waals surface area contributed by atoms with Crippen LogP contribution in [0, 0.1) is 12.3 Å². The van der Waals surface area contributed by atoms with Crippen molar-refractivity contribution >= 4 is 11.3 Å². The molecule has 0 spiro atoms. The van der Waals surface area contributed by atoms with E-state index in [2.05, 4.69) is 31.1 Å². The highest BCUT2D eigenvalue weighted by Crippen LogP contribution is 2.43. The van der Waals surface area contributed by atoms with Crippen molar-refractivity contribution in [1.82, 2.24) is 4.98 Å². The zero-order chi connectivity index (χ0) is 14.8. The molecule has 1 unspecified atom stereocenters. The van der Waals surface area contributed by atoms with Gasteiger partial charge in [-0.25, -0.2) is 4.98 Å². The molecule has 1 aliphatic rings. The van der Waals surface area contributed by atoms with Crippen molar-refractivity contribution in [3.63, 3.8) is 0 Å². The van der Waals surface area contributed by atoms with Gasteiger partial charge in [0.15, 0.2) is 0 Å². The van der Waals surface area contributed by atoms with Crippen molar-refractivity contribution in [2.24, 2.45) is 11.1 Å². The normalized spacial score (nSPS) is 22.6. The molecule has 0 aromatic carbocycles. The van der Waals surface area contributed by atoms with E-state index in [1.165, 1.54) is 12.8 Å². The molecule has 4 heteroatoms. The number of rotatable bonds is 5. The number of nitrogens with two attached hydrogens (primary N) is 1. The van der Waals surface area contributed by atoms with Gasteiger partial charge in [0.05, 0.1) is 16.3 Å². The second kappa shape index (κ2) is 6.12. The van der Waals surface area contributed by atoms with Crippen molar-refractivity contribution in [2.75, 3.05) is 6.61 Å². The number of hydrogen-bond acceptors (Lipinski definition) is 4. The summed E-state index contributed by atoms with van der Waals surface area (Å²) in [5, 5.41) is 3.24. The van der Waals surface area contributed by atoms with Gasteiger partial charge in [0.25, 0.3) is 0 Å². The van der Waals surface area contributed by atoms with E-state index in [0.29, 0.717) is 5.41 Å². The molecule has 1 saturated carbocycles. The van der Waals surface area contributed by atoms with Crippen LogP contribution in [0.15, 0.2) is 5.38 Å². The van der Waals surface area contributed by atoms with Gasteiger partial charge in [-0.15, -0.1) is 11.3 Å². The first-order chi connectivity index (χ1) is 9.37. The highest BCUT2D eigenvalue weighted by molar-refractivity contribution is 7.09. The van der Waals surface area contributed by atoms with Crippen LogP contribution in [0.4, 0.5) is 0 Å². The number of aryl methyl sites for hydroxylation is 1. The maximum atomic E-state index is 6.54. The standard InChI is InChI=1S/C16H28N2OS/c1-5-19-16(8-6-15(3,4)7-9-16)14(17)10-13-11-20-12(2)18-13/h11,14H,5-10,17H2,1-4H3. The summed E-state index contributed by atoms with van der Waals surface area (Å²) >= 11 is 1.70. The van der Waals surface area contributed by atoms with Crippen LogP contribution < -0.4 is 5.73 Å². The molecule has 0 saturated heterocycles. The van der Waals surface area contributed by atoms with Crippen molar-refractivity contribution in [1.29, 1.82) is 0 Å². The number of aromatic nitrogens is 1. The third-order valence-corrected chi connectivity index (χ3v) is 5.48. The fourth-order valence-corrected chi connectivity index (χ4v) is 3.80. The van der Waals surface area contributed by atoms with Gasteiger partial charge in [-0.05, 0) is 44.9 Å². The van der Waals surface area contributed by atoms with E-state index in [9.17, 15) is 0 Å². The smallest absolute Gasteiger partial charge is 0.0897 e. The summed E-state index contributed by atoms with van der Waals surface area (Å²) in [6.07, 6.45) is 5.34. The molecule has 1 fully saturated rings. The van der Waals surface area contributed by atoms with Crippen molar-refractivity contribution < 1.29 is 4.74 Å². The fraction of sp³-hybridized carbons (Fsp3) is 0.812. The Labute approximate surface area is 126 Å². The lowest BCUT2D eigenvalue weighted by Crippen LogP contribution is -2.54. The van der Waals surface area contributed by atoms with E-state index >= 15 is 0 Å². The average molecular weight is 296 g/mol. The molecule has 114 valence electrons. The van der Waals surface area contributed by atoms with Crippen molar-refractivity contribution in [3.8, 4) is 0 Å². The molecule has 1 aliphatic carbocycles. The summed E-state index contributed by atoms with van der Waals surface area (Å²) in [4.78, 5) is 4.55. The van der Waals surface area contributed by atoms with E-state index in [4.69, 9.17) is 10.5 Å². The minimum absolute atomic E-state index is 0.0417. The maximum absolute atomic E-state index is 6.54. The fourth-order valence-electron chi connectivity index (χ4n) is 3.17. The number of ether oxygens (including phenoxy) is 1. The number of nitrogens with zero attached hydrogens (tertiary/aromatic N) is 1. The molecule has 2 N–H and O–H groups in total. The average Bonchev–Trinajstić information content (AvgIpc) is 2.78. The molecule has 0 aliphatic heterocycles. The Morgan fingerprint density at radius 3 is 2.50 bits per heavy atom. The maximum Gasteiger partial charge on any atom is 0.0897 e. The van der Waals surface area contributed by atoms with E-state index in [-0.39, 0.29) is 11.6 Å². The summed E-state index contributed by atoms with van der Waals surface area (Å²) in [5.41, 5.74) is 7.93. The van der Waals surface area contributed by atoms with Crippen LogP contribution in [0.5, 0.6) is 0 Å². The Morgan fingerprint density at radius 1 is 1.35 bits per heavy atom. The molecule has 1 heterocycles. The van der Waals surface area contributed by atoms with Gasteiger partial charge < -0.3 is 10.5 Å². The lowest BCUT2D eigenvalue weighted by molar-refractivity contribution is -0.0988. The summed E-state index contributed by atoms with van der Waals surface area (Å²) in [6.45, 7) is 9.54. The minimum Gasteiger partial charge on any atom is -0.374 e. The monoisotopic (exact) mass is 296 g/mol. The van der Waals surface area contributed by atoms with E-state index in [1.807, 2.05) is 6.92 Å². The summed E-state index contributed by atoms with van der Waals surface area (Å²) < 4.78 is 6.16. The molecule has 1 aromatic heterocycles. The van der Waals surface area contributed by atoms with Crippen molar-refractivity contribution in [2.45, 2.75) is 71.4 Å². The predicted octanol–water partition coefficient (Wildman–Crippen LogP) is 3.70. The van der Waals surface area contributed by atoms with Crippen molar-refractivity contribution in [3.05, 3.63) is 16.1 Å². The Morgan fingerprint density at radius 2 is 2.00 bits per heavy atom. The van der Waals surface area contributed by atoms with E-state index < -0.39 is 0 Å². The largest absolute Gasteiger partial charge is 0.374 e. The zero-order valence-corrected chi connectivity index (χ0v) is 14.1. The summed E-state index contributed by atoms with van der Waals surface area (Å²) in [5.74, 6) is 0. The van der Waals surface area contributed by atoms with Crippen LogP contribution in [-0.2, 0) is 11.2 Å². The summed E-state index contributed by atoms with van der Waals surface area (Å²) in [6, 6.07) is 0.0417. The molecule has 0 radical (unpaired) electrons. The first-order valence-electron chi connectivity index (χ1n) is 7.67. The molecule has 1 atom stereocenters. The molecule has 20 heavy (non-hydrogen) atoms. The molecular formula is C16H28N2OS. The number of thiazole rings is 1. The van der Waals surface area contributed by atoms with E-state index in [0.717, 1.165) is 36.6 Å². The molecule has 1 aromatic rings. The van der Waals surface area contributed by atoms with Crippen LogP contribution in [0.2, 0.25) is 0 Å². The predicted molar refractivity (Wildman–Crippen MR) is 85.1 cm³/mol. The van der Waals surface area contributed by atoms with Gasteiger partial charge >= 0.3 is 0 Å². The second-order valence-electron chi connectivity index (χ2n) is 6.83. The first-order valence-corrected chi connectivity index (χ1v) is 8.55. The van der Waals surface area contributed by atoms with Crippen LogP contribution >= 0.6 is 11.3 Å². The Kier molecular flexibility index (Phi) is 4.88. The molecule has 2 rings (SSSR count). The molecule has 3 nitrogen and oxygen atoms in total. The van der Waals surface area contributed by atoms with Gasteiger partial charge in [0.1, 0.15) is 0 Å². The van der Waals surface area contributed by atoms with Gasteiger partial charge in [-0.3, -0.25) is 0 Å². The summed E-state index contributed by atoms with van der Waals surface area (Å²) in [7, 11) is 0. The van der Waals surface area contributed by atoms with Gasteiger partial charge in [-0.2, -0.15) is 0 Å². The third-order valence-electron chi connectivity index (χ3n) is 4.65. The minimum atomic E-state index is -0.151. The lowest BCUT2D eigenvalue weighted by atomic mass is 9.68. The lowest BCUT2D eigenvalue weighted by Gasteiger charge is -2.46. The Bertz CT molecular complexity index is 431. The Hall–Kier alpha value is -0.450. The van der Waals surface area contributed by atoms with Crippen LogP contribution in [0.1, 0.15) is 57.2 Å². The SMILES string of the molecule is CCOC1(C(N)Cc2csc(C)n2)CCC(C)(C)CC1. The van der Waals surface area contributed by atoms with E-state index in [1.54, 1.807) is 11.3 Å². The third kappa shape index (κ3) is 3.60. The molecule has 0 bridgehead atoms. The van der Waals surface area contributed by atoms with Gasteiger partial charge in [-0.1, -0.05) is 13.8 Å². The highest BCUT2D eigenvalue weighted by atomic mass is 32.1. The van der Waals surface area contributed by atoms with Gasteiger partial charge in [0, 0.05) is 24.4 Å². The zero-order valence-electron chi connectivity index (χ0n) is 13.2. The van der Waals surface area contributed by atoms with Gasteiger partial charge in [0.2, 0.25) is 0 Å². The second-order valence-corrected chi connectivity index (χ2v) is 7.89. The van der Waals surface area contributed by atoms with Crippen LogP contribution in [-0.4, -0.2) is 23.2 Å². The molecule has 0 amide bonds. The molecular weight excluding hydrogens is 268 g/mol. The highest BCUT2D eigenvalue weighted by Gasteiger charge is 2.43. The first kappa shape index (κ1) is 15.9. The number of hydrogen-bond donors (Lipinski definition) is 1.